The van der Waals surface area contributed by atoms with Crippen molar-refractivity contribution in [2.75, 3.05) is 27.4 Å². The number of ether oxygens (including phenoxy) is 2. The molecule has 0 atom stereocenters. The lowest BCUT2D eigenvalue weighted by molar-refractivity contribution is 0.145. The molecule has 7 nitrogen and oxygen atoms in total. The summed E-state index contributed by atoms with van der Waals surface area (Å²) < 4.78 is 13.0. The first-order valence-electron chi connectivity index (χ1n) is 9.70. The van der Waals surface area contributed by atoms with Crippen molar-refractivity contribution in [2.24, 2.45) is 4.99 Å². The highest BCUT2D eigenvalue weighted by atomic mass is 16.5. The van der Waals surface area contributed by atoms with Crippen molar-refractivity contribution in [1.82, 2.24) is 20.0 Å². The maximum absolute atomic E-state index is 5.86. The fourth-order valence-electron chi connectivity index (χ4n) is 3.03. The molecule has 0 aliphatic rings. The Balaban J connectivity index is 1.59. The van der Waals surface area contributed by atoms with E-state index in [9.17, 15) is 0 Å². The topological polar surface area (TPSA) is 72.2 Å². The summed E-state index contributed by atoms with van der Waals surface area (Å²) in [7, 11) is 3.43. The Morgan fingerprint density at radius 2 is 1.93 bits per heavy atom. The number of imidazole rings is 1. The second kappa shape index (κ2) is 9.93. The molecular formula is C22H29N5O2. The molecule has 0 spiro atoms. The molecule has 0 saturated heterocycles. The number of nitrogens with zero attached hydrogens (tertiary/aromatic N) is 3. The first kappa shape index (κ1) is 20.7. The molecule has 29 heavy (non-hydrogen) atoms. The lowest BCUT2D eigenvalue weighted by Gasteiger charge is -2.15. The largest absolute Gasteiger partial charge is 0.491 e. The van der Waals surface area contributed by atoms with E-state index in [1.165, 1.54) is 0 Å². The zero-order chi connectivity index (χ0) is 20.6. The molecule has 0 bridgehead atoms. The van der Waals surface area contributed by atoms with Crippen LogP contribution in [0.3, 0.4) is 0 Å². The van der Waals surface area contributed by atoms with Crippen LogP contribution in [0.5, 0.6) is 5.75 Å². The van der Waals surface area contributed by atoms with Gasteiger partial charge in [0.05, 0.1) is 18.8 Å². The number of benzene rings is 1. The van der Waals surface area contributed by atoms with Gasteiger partial charge in [-0.1, -0.05) is 18.2 Å². The van der Waals surface area contributed by atoms with Gasteiger partial charge in [-0.2, -0.15) is 0 Å². The average molecular weight is 396 g/mol. The van der Waals surface area contributed by atoms with E-state index >= 15 is 0 Å². The van der Waals surface area contributed by atoms with Crippen LogP contribution in [0.25, 0.3) is 5.65 Å². The number of pyridine rings is 1. The molecule has 0 unspecified atom stereocenters. The maximum atomic E-state index is 5.86. The third kappa shape index (κ3) is 5.48. The normalized spacial score (nSPS) is 11.7. The Hall–Kier alpha value is -3.06. The molecule has 0 fully saturated rings. The van der Waals surface area contributed by atoms with Crippen molar-refractivity contribution in [3.8, 4) is 5.75 Å². The highest BCUT2D eigenvalue weighted by Gasteiger charge is 2.07. The number of rotatable bonds is 8. The molecule has 1 aromatic carbocycles. The molecule has 0 aliphatic heterocycles. The van der Waals surface area contributed by atoms with Gasteiger partial charge in [-0.3, -0.25) is 4.99 Å². The number of nitrogens with one attached hydrogen (secondary N) is 2. The zero-order valence-corrected chi connectivity index (χ0v) is 17.5. The number of aryl methyl sites for hydroxylation is 2. The van der Waals surface area contributed by atoms with Gasteiger partial charge in [-0.15, -0.1) is 0 Å². The summed E-state index contributed by atoms with van der Waals surface area (Å²) in [6, 6.07) is 12.3. The van der Waals surface area contributed by atoms with Crippen LogP contribution in [0.15, 0.2) is 47.6 Å². The number of hydrogen-bond donors (Lipinski definition) is 2. The van der Waals surface area contributed by atoms with Crippen LogP contribution in [-0.2, 0) is 17.8 Å². The van der Waals surface area contributed by atoms with Crippen LogP contribution < -0.4 is 15.4 Å². The van der Waals surface area contributed by atoms with Crippen molar-refractivity contribution in [1.29, 1.82) is 0 Å². The van der Waals surface area contributed by atoms with E-state index < -0.39 is 0 Å². The third-order valence-electron chi connectivity index (χ3n) is 4.62. The van der Waals surface area contributed by atoms with Gasteiger partial charge in [0.25, 0.3) is 0 Å². The Morgan fingerprint density at radius 1 is 1.10 bits per heavy atom. The summed E-state index contributed by atoms with van der Waals surface area (Å²) in [4.78, 5) is 8.96. The Bertz CT molecular complexity index is 980. The summed E-state index contributed by atoms with van der Waals surface area (Å²) in [5.41, 5.74) is 5.29. The summed E-state index contributed by atoms with van der Waals surface area (Å²) in [6.45, 7) is 6.39. The van der Waals surface area contributed by atoms with Crippen LogP contribution in [0.4, 0.5) is 0 Å². The second-order valence-corrected chi connectivity index (χ2v) is 6.86. The van der Waals surface area contributed by atoms with Crippen molar-refractivity contribution < 1.29 is 9.47 Å². The Morgan fingerprint density at radius 3 is 2.69 bits per heavy atom. The van der Waals surface area contributed by atoms with Gasteiger partial charge >= 0.3 is 0 Å². The number of guanidine groups is 1. The first-order chi connectivity index (χ1) is 14.1. The van der Waals surface area contributed by atoms with Gasteiger partial charge in [0.15, 0.2) is 5.96 Å². The number of fused-ring (bicyclic) bond motifs is 1. The van der Waals surface area contributed by atoms with Crippen molar-refractivity contribution >= 4 is 11.6 Å². The van der Waals surface area contributed by atoms with Crippen LogP contribution in [-0.4, -0.2) is 42.7 Å². The third-order valence-corrected chi connectivity index (χ3v) is 4.62. The number of aliphatic imine (C=N–C) groups is 1. The average Bonchev–Trinajstić information content (AvgIpc) is 3.14. The van der Waals surface area contributed by atoms with E-state index in [1.807, 2.05) is 24.4 Å². The standard InChI is InChI=1S/C22H29N5O2/c1-16-8-9-18(20(12-16)29-11-10-28-4)13-24-22(23-3)25-14-19-15-27-17(2)6-5-7-21(27)26-19/h5-9,12,15H,10-11,13-14H2,1-4H3,(H2,23,24,25). The minimum absolute atomic E-state index is 0.521. The molecule has 0 aliphatic carbocycles. The van der Waals surface area contributed by atoms with E-state index in [1.54, 1.807) is 14.2 Å². The quantitative estimate of drug-likeness (QED) is 0.349. The summed E-state index contributed by atoms with van der Waals surface area (Å²) in [5.74, 6) is 1.57. The Labute approximate surface area is 171 Å². The molecule has 7 heteroatoms. The van der Waals surface area contributed by atoms with E-state index in [4.69, 9.17) is 9.47 Å². The minimum Gasteiger partial charge on any atom is -0.491 e. The maximum Gasteiger partial charge on any atom is 0.191 e. The fourth-order valence-corrected chi connectivity index (χ4v) is 3.03. The molecule has 2 N–H and O–H groups in total. The van der Waals surface area contributed by atoms with Gasteiger partial charge in [0.2, 0.25) is 0 Å². The van der Waals surface area contributed by atoms with E-state index in [0.717, 1.165) is 33.9 Å². The molecule has 0 saturated carbocycles. The molecule has 0 amide bonds. The number of methoxy groups -OCH3 is 1. The lowest BCUT2D eigenvalue weighted by Crippen LogP contribution is -2.36. The highest BCUT2D eigenvalue weighted by Crippen LogP contribution is 2.20. The fraction of sp³-hybridized carbons (Fsp3) is 0.364. The van der Waals surface area contributed by atoms with E-state index in [2.05, 4.69) is 57.1 Å². The molecule has 3 rings (SSSR count). The van der Waals surface area contributed by atoms with E-state index in [0.29, 0.717) is 32.3 Å². The van der Waals surface area contributed by atoms with Gasteiger partial charge in [-0.25, -0.2) is 4.98 Å². The molecule has 2 heterocycles. The Kier molecular flexibility index (Phi) is 7.08. The number of aromatic nitrogens is 2. The molecule has 154 valence electrons. The van der Waals surface area contributed by atoms with Crippen molar-refractivity contribution in [3.05, 3.63) is 65.1 Å². The van der Waals surface area contributed by atoms with Gasteiger partial charge < -0.3 is 24.5 Å². The smallest absolute Gasteiger partial charge is 0.191 e. The monoisotopic (exact) mass is 395 g/mol. The first-order valence-corrected chi connectivity index (χ1v) is 9.70. The zero-order valence-electron chi connectivity index (χ0n) is 17.5. The summed E-state index contributed by atoms with van der Waals surface area (Å²) in [6.07, 6.45) is 2.05. The molecular weight excluding hydrogens is 366 g/mol. The van der Waals surface area contributed by atoms with E-state index in [-0.39, 0.29) is 0 Å². The summed E-state index contributed by atoms with van der Waals surface area (Å²) >= 11 is 0. The molecule has 3 aromatic rings. The van der Waals surface area contributed by atoms with Gasteiger partial charge in [0, 0.05) is 38.2 Å². The predicted octanol–water partition coefficient (Wildman–Crippen LogP) is 2.84. The van der Waals surface area contributed by atoms with Crippen LogP contribution >= 0.6 is 0 Å². The predicted molar refractivity (Wildman–Crippen MR) is 116 cm³/mol. The molecule has 2 aromatic heterocycles. The van der Waals surface area contributed by atoms with Crippen LogP contribution in [0.1, 0.15) is 22.5 Å². The SMILES string of the molecule is CN=C(NCc1cn2c(C)cccc2n1)NCc1ccc(C)cc1OCCOC. The lowest BCUT2D eigenvalue weighted by atomic mass is 10.1. The second-order valence-electron chi connectivity index (χ2n) is 6.86. The number of hydrogen-bond acceptors (Lipinski definition) is 4. The van der Waals surface area contributed by atoms with Crippen LogP contribution in [0, 0.1) is 13.8 Å². The van der Waals surface area contributed by atoms with Crippen LogP contribution in [0.2, 0.25) is 0 Å². The molecule has 0 radical (unpaired) electrons. The minimum atomic E-state index is 0.521. The van der Waals surface area contributed by atoms with Crippen molar-refractivity contribution in [3.63, 3.8) is 0 Å². The van der Waals surface area contributed by atoms with Crippen molar-refractivity contribution in [2.45, 2.75) is 26.9 Å². The highest BCUT2D eigenvalue weighted by molar-refractivity contribution is 5.79. The summed E-state index contributed by atoms with van der Waals surface area (Å²) in [5, 5.41) is 6.67. The van der Waals surface area contributed by atoms with Gasteiger partial charge in [0.1, 0.15) is 18.0 Å². The van der Waals surface area contributed by atoms with Gasteiger partial charge in [-0.05, 0) is 37.6 Å².